The largest absolute Gasteiger partial charge is 0.439 e. The summed E-state index contributed by atoms with van der Waals surface area (Å²) >= 11 is 0. The van der Waals surface area contributed by atoms with E-state index in [2.05, 4.69) is 5.10 Å². The predicted octanol–water partition coefficient (Wildman–Crippen LogP) is 3.43. The second-order valence-corrected chi connectivity index (χ2v) is 6.40. The fraction of sp³-hybridized carbons (Fsp3) is 0.714. The molecule has 0 radical (unpaired) electrons. The molecule has 3 rings (SSSR count). The van der Waals surface area contributed by atoms with Gasteiger partial charge in [-0.15, -0.1) is 0 Å². The molecule has 0 aromatic carbocycles. The summed E-state index contributed by atoms with van der Waals surface area (Å²) in [4.78, 5) is 0. The molecule has 1 aliphatic heterocycles. The molecule has 11 heteroatoms. The SMILES string of the molecule is O[C@H]1C2=C(CC1(F)F)/[N+](=C/C1CCC(F)(F)[C@H](F)C1)N=C2C(F)(F)F. The van der Waals surface area contributed by atoms with Crippen LogP contribution in [-0.2, 0) is 0 Å². The normalized spacial score (nSPS) is 36.0. The van der Waals surface area contributed by atoms with Crippen molar-refractivity contribution in [3.8, 4) is 0 Å². The molecule has 3 nitrogen and oxygen atoms in total. The van der Waals surface area contributed by atoms with Gasteiger partial charge in [-0.3, -0.25) is 0 Å². The van der Waals surface area contributed by atoms with Gasteiger partial charge in [0.15, 0.2) is 18.5 Å². The first kappa shape index (κ1) is 18.3. The zero-order valence-electron chi connectivity index (χ0n) is 12.5. The van der Waals surface area contributed by atoms with E-state index in [1.54, 1.807) is 0 Å². The molecule has 0 spiro atoms. The Balaban J connectivity index is 1.94. The molecule has 0 aromatic heterocycles. The number of alkyl halides is 8. The number of rotatable bonds is 1. The van der Waals surface area contributed by atoms with Crippen molar-refractivity contribution in [1.29, 1.82) is 0 Å². The molecule has 0 aromatic rings. The molecule has 3 aliphatic rings. The van der Waals surface area contributed by atoms with Crippen molar-refractivity contribution in [2.45, 2.75) is 56.0 Å². The number of allylic oxidation sites excluding steroid dienone is 1. The molecule has 1 fully saturated rings. The summed E-state index contributed by atoms with van der Waals surface area (Å²) in [6.07, 6.45) is -12.1. The Morgan fingerprint density at radius 1 is 1.16 bits per heavy atom. The van der Waals surface area contributed by atoms with Gasteiger partial charge in [-0.1, -0.05) is 4.68 Å². The van der Waals surface area contributed by atoms with Gasteiger partial charge in [0.1, 0.15) is 6.42 Å². The van der Waals surface area contributed by atoms with Crippen LogP contribution in [0, 0.1) is 5.92 Å². The van der Waals surface area contributed by atoms with E-state index in [1.807, 2.05) is 0 Å². The molecule has 140 valence electrons. The Kier molecular flexibility index (Phi) is 4.01. The van der Waals surface area contributed by atoms with Crippen LogP contribution >= 0.6 is 0 Å². The molecule has 1 heterocycles. The van der Waals surface area contributed by atoms with Crippen LogP contribution in [0.2, 0.25) is 0 Å². The summed E-state index contributed by atoms with van der Waals surface area (Å²) in [5, 5.41) is 12.7. The third-order valence-electron chi connectivity index (χ3n) is 4.56. The second-order valence-electron chi connectivity index (χ2n) is 6.40. The van der Waals surface area contributed by atoms with Gasteiger partial charge >= 0.3 is 6.18 Å². The van der Waals surface area contributed by atoms with E-state index in [9.17, 15) is 40.2 Å². The summed E-state index contributed by atoms with van der Waals surface area (Å²) in [6, 6.07) is 0. The second kappa shape index (κ2) is 5.49. The number of hydrogen-bond acceptors (Lipinski definition) is 2. The van der Waals surface area contributed by atoms with Gasteiger partial charge in [-0.25, -0.2) is 22.0 Å². The highest BCUT2D eigenvalue weighted by atomic mass is 19.4. The van der Waals surface area contributed by atoms with Gasteiger partial charge in [-0.05, 0) is 12.8 Å². The highest BCUT2D eigenvalue weighted by molar-refractivity contribution is 6.06. The maximum Gasteiger partial charge on any atom is 0.439 e. The van der Waals surface area contributed by atoms with E-state index < -0.39 is 72.5 Å². The van der Waals surface area contributed by atoms with Crippen LogP contribution in [0.3, 0.4) is 0 Å². The lowest BCUT2D eigenvalue weighted by atomic mass is 9.86. The monoisotopic (exact) mass is 377 g/mol. The minimum atomic E-state index is -5.08. The lowest BCUT2D eigenvalue weighted by Crippen LogP contribution is -2.38. The van der Waals surface area contributed by atoms with Crippen LogP contribution in [0.1, 0.15) is 25.7 Å². The average Bonchev–Trinajstić information content (AvgIpc) is 2.91. The summed E-state index contributed by atoms with van der Waals surface area (Å²) in [5.41, 5.74) is -3.22. The summed E-state index contributed by atoms with van der Waals surface area (Å²) in [6.45, 7) is 0. The number of aliphatic hydroxyl groups is 1. The number of nitrogens with zero attached hydrogens (tertiary/aromatic N) is 2. The maximum atomic E-state index is 13.6. The van der Waals surface area contributed by atoms with Gasteiger partial charge in [0.2, 0.25) is 11.4 Å². The van der Waals surface area contributed by atoms with Crippen molar-refractivity contribution in [2.24, 2.45) is 11.0 Å². The highest BCUT2D eigenvalue weighted by Crippen LogP contribution is 2.46. The van der Waals surface area contributed by atoms with Crippen molar-refractivity contribution >= 4 is 11.9 Å². The van der Waals surface area contributed by atoms with Crippen LogP contribution in [-0.4, -0.2) is 52.0 Å². The quantitative estimate of drug-likeness (QED) is 0.552. The third-order valence-corrected chi connectivity index (χ3v) is 4.56. The molecular weight excluding hydrogens is 364 g/mol. The molecule has 3 atom stereocenters. The van der Waals surface area contributed by atoms with E-state index >= 15 is 0 Å². The van der Waals surface area contributed by atoms with Crippen LogP contribution in [0.25, 0.3) is 0 Å². The molecule has 1 saturated carbocycles. The van der Waals surface area contributed by atoms with E-state index in [-0.39, 0.29) is 6.42 Å². The molecule has 0 saturated heterocycles. The van der Waals surface area contributed by atoms with Crippen LogP contribution in [0.4, 0.5) is 35.1 Å². The molecular formula is C14H13F8N2O+. The van der Waals surface area contributed by atoms with E-state index in [1.165, 1.54) is 0 Å². The Bertz CT molecular complexity index is 679. The Morgan fingerprint density at radius 3 is 2.36 bits per heavy atom. The topological polar surface area (TPSA) is 35.6 Å². The van der Waals surface area contributed by atoms with Gasteiger partial charge in [0, 0.05) is 17.4 Å². The minimum absolute atomic E-state index is 0.220. The standard InChI is InChI=1S/C14H13F8N2O/c15-8-3-6(1-2-12(8,16)17)5-24-7-4-13(18,19)11(25)9(7)10(23-24)14(20,21)22/h5-6,8,11,25H,1-4H2/q+1/b24-5-/t6?,8-,11+/m1/s1. The third kappa shape index (κ3) is 3.06. The van der Waals surface area contributed by atoms with Crippen molar-refractivity contribution in [1.82, 2.24) is 0 Å². The molecule has 1 unspecified atom stereocenters. The van der Waals surface area contributed by atoms with Crippen LogP contribution in [0.5, 0.6) is 0 Å². The summed E-state index contributed by atoms with van der Waals surface area (Å²) in [5.74, 6) is -8.20. The fourth-order valence-corrected chi connectivity index (χ4v) is 3.23. The number of halogens is 8. The van der Waals surface area contributed by atoms with Crippen molar-refractivity contribution in [3.63, 3.8) is 0 Å². The molecule has 25 heavy (non-hydrogen) atoms. The zero-order valence-corrected chi connectivity index (χ0v) is 12.5. The van der Waals surface area contributed by atoms with E-state index in [0.29, 0.717) is 4.68 Å². The van der Waals surface area contributed by atoms with Gasteiger partial charge in [0.25, 0.3) is 11.8 Å². The zero-order chi connectivity index (χ0) is 18.8. The Labute approximate surface area is 136 Å². The number of hydrogen-bond donors (Lipinski definition) is 1. The van der Waals surface area contributed by atoms with Crippen LogP contribution in [0.15, 0.2) is 16.4 Å². The summed E-state index contributed by atoms with van der Waals surface area (Å²) in [7, 11) is 0. The Morgan fingerprint density at radius 2 is 1.80 bits per heavy atom. The van der Waals surface area contributed by atoms with Crippen molar-refractivity contribution in [3.05, 3.63) is 11.3 Å². The van der Waals surface area contributed by atoms with E-state index in [0.717, 1.165) is 6.21 Å². The maximum absolute atomic E-state index is 13.6. The minimum Gasteiger partial charge on any atom is -0.382 e. The van der Waals surface area contributed by atoms with Gasteiger partial charge in [0.05, 0.1) is 5.57 Å². The van der Waals surface area contributed by atoms with Crippen LogP contribution < -0.4 is 0 Å². The van der Waals surface area contributed by atoms with Crippen molar-refractivity contribution in [2.75, 3.05) is 0 Å². The number of aliphatic hydroxyl groups excluding tert-OH is 1. The molecule has 1 N–H and O–H groups in total. The summed E-state index contributed by atoms with van der Waals surface area (Å²) < 4.78 is 107. The average molecular weight is 377 g/mol. The predicted molar refractivity (Wildman–Crippen MR) is 69.6 cm³/mol. The number of hydrazone groups is 1. The lowest BCUT2D eigenvalue weighted by molar-refractivity contribution is -0.480. The van der Waals surface area contributed by atoms with Gasteiger partial charge < -0.3 is 5.11 Å². The molecule has 0 amide bonds. The first-order valence-electron chi connectivity index (χ1n) is 7.44. The Hall–Kier alpha value is -1.52. The molecule has 0 bridgehead atoms. The lowest BCUT2D eigenvalue weighted by Gasteiger charge is -2.28. The van der Waals surface area contributed by atoms with Gasteiger partial charge in [-0.2, -0.15) is 13.2 Å². The first-order chi connectivity index (χ1) is 11.3. The smallest absolute Gasteiger partial charge is 0.382 e. The van der Waals surface area contributed by atoms with E-state index in [4.69, 9.17) is 0 Å². The van der Waals surface area contributed by atoms with Crippen molar-refractivity contribution < 1.29 is 44.9 Å². The fourth-order valence-electron chi connectivity index (χ4n) is 3.23. The highest BCUT2D eigenvalue weighted by Gasteiger charge is 2.62. The molecule has 2 aliphatic carbocycles. The first-order valence-corrected chi connectivity index (χ1v) is 7.44.